The Morgan fingerprint density at radius 3 is 2.53 bits per heavy atom. The van der Waals surface area contributed by atoms with Gasteiger partial charge in [-0.3, -0.25) is 4.79 Å². The van der Waals surface area contributed by atoms with Crippen LogP contribution >= 0.6 is 0 Å². The fourth-order valence-corrected chi connectivity index (χ4v) is 1.63. The minimum absolute atomic E-state index is 0.0535. The maximum atomic E-state index is 11.8. The molecule has 0 saturated carbocycles. The quantitative estimate of drug-likeness (QED) is 0.681. The van der Waals surface area contributed by atoms with Gasteiger partial charge in [0.05, 0.1) is 12.6 Å². The Morgan fingerprint density at radius 2 is 2.00 bits per heavy atom. The lowest BCUT2D eigenvalue weighted by Crippen LogP contribution is -2.37. The van der Waals surface area contributed by atoms with Crippen molar-refractivity contribution in [3.05, 3.63) is 35.9 Å². The summed E-state index contributed by atoms with van der Waals surface area (Å²) in [6.45, 7) is 2.38. The van der Waals surface area contributed by atoms with E-state index in [9.17, 15) is 9.90 Å². The van der Waals surface area contributed by atoms with Crippen LogP contribution in [0.25, 0.3) is 0 Å². The second-order valence-electron chi connectivity index (χ2n) is 4.11. The van der Waals surface area contributed by atoms with Crippen molar-refractivity contribution in [3.63, 3.8) is 0 Å². The van der Waals surface area contributed by atoms with Crippen LogP contribution in [0.1, 0.15) is 18.5 Å². The molecule has 17 heavy (non-hydrogen) atoms. The molecule has 4 nitrogen and oxygen atoms in total. The standard InChI is InChI=1S/C13H20N2O2/c1-10(8-14-2)13(17)15-12(9-16)11-6-4-3-5-7-11/h3-7,10,12,14,16H,8-9H2,1-2H3,(H,15,17). The van der Waals surface area contributed by atoms with Crippen molar-refractivity contribution in [2.75, 3.05) is 20.2 Å². The van der Waals surface area contributed by atoms with E-state index in [1.54, 1.807) is 0 Å². The SMILES string of the molecule is CNCC(C)C(=O)NC(CO)c1ccccc1. The summed E-state index contributed by atoms with van der Waals surface area (Å²) >= 11 is 0. The van der Waals surface area contributed by atoms with Crippen molar-refractivity contribution >= 4 is 5.91 Å². The Labute approximate surface area is 102 Å². The zero-order valence-electron chi connectivity index (χ0n) is 10.3. The summed E-state index contributed by atoms with van der Waals surface area (Å²) in [5.41, 5.74) is 0.917. The summed E-state index contributed by atoms with van der Waals surface area (Å²) in [5.74, 6) is -0.167. The largest absolute Gasteiger partial charge is 0.394 e. The molecule has 0 aliphatic carbocycles. The van der Waals surface area contributed by atoms with Crippen LogP contribution in [0.4, 0.5) is 0 Å². The predicted molar refractivity (Wildman–Crippen MR) is 67.5 cm³/mol. The predicted octanol–water partition coefficient (Wildman–Crippen LogP) is 0.692. The molecule has 1 rings (SSSR count). The third-order valence-corrected chi connectivity index (χ3v) is 2.66. The Morgan fingerprint density at radius 1 is 1.35 bits per heavy atom. The number of aliphatic hydroxyl groups is 1. The third-order valence-electron chi connectivity index (χ3n) is 2.66. The number of benzene rings is 1. The summed E-state index contributed by atoms with van der Waals surface area (Å²) < 4.78 is 0. The maximum Gasteiger partial charge on any atom is 0.224 e. The molecule has 0 fully saturated rings. The van der Waals surface area contributed by atoms with Crippen molar-refractivity contribution in [1.82, 2.24) is 10.6 Å². The summed E-state index contributed by atoms with van der Waals surface area (Å²) in [4.78, 5) is 11.8. The number of hydrogen-bond acceptors (Lipinski definition) is 3. The number of hydrogen-bond donors (Lipinski definition) is 3. The van der Waals surface area contributed by atoms with Crippen LogP contribution in [0, 0.1) is 5.92 Å². The second-order valence-corrected chi connectivity index (χ2v) is 4.11. The van der Waals surface area contributed by atoms with Crippen molar-refractivity contribution in [3.8, 4) is 0 Å². The molecule has 1 amide bonds. The molecular weight excluding hydrogens is 216 g/mol. The Balaban J connectivity index is 2.62. The first-order valence-corrected chi connectivity index (χ1v) is 5.79. The molecule has 1 aromatic carbocycles. The highest BCUT2D eigenvalue weighted by atomic mass is 16.3. The van der Waals surface area contributed by atoms with E-state index in [0.717, 1.165) is 5.56 Å². The molecule has 94 valence electrons. The molecular formula is C13H20N2O2. The molecule has 2 atom stereocenters. The van der Waals surface area contributed by atoms with Crippen molar-refractivity contribution in [1.29, 1.82) is 0 Å². The lowest BCUT2D eigenvalue weighted by molar-refractivity contribution is -0.125. The zero-order valence-corrected chi connectivity index (χ0v) is 10.3. The number of rotatable bonds is 6. The Hall–Kier alpha value is -1.39. The average molecular weight is 236 g/mol. The molecule has 4 heteroatoms. The smallest absolute Gasteiger partial charge is 0.224 e. The fraction of sp³-hybridized carbons (Fsp3) is 0.462. The molecule has 1 aromatic rings. The first kappa shape index (κ1) is 13.7. The summed E-state index contributed by atoms with van der Waals surface area (Å²) in [6, 6.07) is 9.14. The highest BCUT2D eigenvalue weighted by Gasteiger charge is 2.17. The van der Waals surface area contributed by atoms with Gasteiger partial charge in [0.15, 0.2) is 0 Å². The molecule has 2 unspecified atom stereocenters. The van der Waals surface area contributed by atoms with E-state index in [4.69, 9.17) is 0 Å². The van der Waals surface area contributed by atoms with E-state index >= 15 is 0 Å². The zero-order chi connectivity index (χ0) is 12.7. The van der Waals surface area contributed by atoms with Crippen molar-refractivity contribution in [2.24, 2.45) is 5.92 Å². The van der Waals surface area contributed by atoms with Gasteiger partial charge in [-0.05, 0) is 12.6 Å². The number of carbonyl (C=O) groups excluding carboxylic acids is 1. The van der Waals surface area contributed by atoms with E-state index < -0.39 is 0 Å². The number of amides is 1. The molecule has 0 aliphatic rings. The normalized spacial score (nSPS) is 14.1. The molecule has 0 saturated heterocycles. The topological polar surface area (TPSA) is 61.4 Å². The van der Waals surface area contributed by atoms with Gasteiger partial charge in [0.25, 0.3) is 0 Å². The first-order chi connectivity index (χ1) is 8.19. The second kappa shape index (κ2) is 7.04. The van der Waals surface area contributed by atoms with Crippen LogP contribution in [0.15, 0.2) is 30.3 Å². The first-order valence-electron chi connectivity index (χ1n) is 5.79. The van der Waals surface area contributed by atoms with Gasteiger partial charge in [-0.15, -0.1) is 0 Å². The molecule has 3 N–H and O–H groups in total. The van der Waals surface area contributed by atoms with Crippen LogP contribution in [0.5, 0.6) is 0 Å². The third kappa shape index (κ3) is 4.17. The van der Waals surface area contributed by atoms with E-state index in [1.165, 1.54) is 0 Å². The van der Waals surface area contributed by atoms with Crippen LogP contribution < -0.4 is 10.6 Å². The lowest BCUT2D eigenvalue weighted by Gasteiger charge is -2.19. The van der Waals surface area contributed by atoms with Crippen LogP contribution in [-0.4, -0.2) is 31.2 Å². The van der Waals surface area contributed by atoms with Crippen molar-refractivity contribution in [2.45, 2.75) is 13.0 Å². The van der Waals surface area contributed by atoms with Gasteiger partial charge in [-0.1, -0.05) is 37.3 Å². The molecule has 0 aromatic heterocycles. The molecule has 0 bridgehead atoms. The fourth-order valence-electron chi connectivity index (χ4n) is 1.63. The van der Waals surface area contributed by atoms with Crippen LogP contribution in [0.3, 0.4) is 0 Å². The van der Waals surface area contributed by atoms with Gasteiger partial charge >= 0.3 is 0 Å². The number of nitrogens with one attached hydrogen (secondary N) is 2. The lowest BCUT2D eigenvalue weighted by atomic mass is 10.1. The van der Waals surface area contributed by atoms with Gasteiger partial charge in [0.1, 0.15) is 0 Å². The summed E-state index contributed by atoms with van der Waals surface area (Å²) in [7, 11) is 1.81. The van der Waals surface area contributed by atoms with E-state index in [1.807, 2.05) is 44.3 Å². The van der Waals surface area contributed by atoms with Crippen LogP contribution in [-0.2, 0) is 4.79 Å². The van der Waals surface area contributed by atoms with E-state index in [0.29, 0.717) is 6.54 Å². The monoisotopic (exact) mass is 236 g/mol. The average Bonchev–Trinajstić information content (AvgIpc) is 2.37. The maximum absolute atomic E-state index is 11.8. The minimum Gasteiger partial charge on any atom is -0.394 e. The number of carbonyl (C=O) groups is 1. The van der Waals surface area contributed by atoms with Gasteiger partial charge in [0.2, 0.25) is 5.91 Å². The summed E-state index contributed by atoms with van der Waals surface area (Å²) in [5, 5.41) is 15.1. The summed E-state index contributed by atoms with van der Waals surface area (Å²) in [6.07, 6.45) is 0. The highest BCUT2D eigenvalue weighted by molar-refractivity contribution is 5.79. The van der Waals surface area contributed by atoms with E-state index in [-0.39, 0.29) is 24.5 Å². The molecule has 0 radical (unpaired) electrons. The Bertz CT molecular complexity index is 341. The van der Waals surface area contributed by atoms with E-state index in [2.05, 4.69) is 10.6 Å². The number of aliphatic hydroxyl groups excluding tert-OH is 1. The van der Waals surface area contributed by atoms with Gasteiger partial charge in [-0.2, -0.15) is 0 Å². The van der Waals surface area contributed by atoms with Gasteiger partial charge < -0.3 is 15.7 Å². The highest BCUT2D eigenvalue weighted by Crippen LogP contribution is 2.12. The Kier molecular flexibility index (Phi) is 5.66. The van der Waals surface area contributed by atoms with Crippen LogP contribution in [0.2, 0.25) is 0 Å². The van der Waals surface area contributed by atoms with Crippen molar-refractivity contribution < 1.29 is 9.90 Å². The molecule has 0 aliphatic heterocycles. The minimum atomic E-state index is -0.331. The van der Waals surface area contributed by atoms with Gasteiger partial charge in [0, 0.05) is 12.5 Å². The molecule has 0 spiro atoms. The molecule has 0 heterocycles. The van der Waals surface area contributed by atoms with Gasteiger partial charge in [-0.25, -0.2) is 0 Å².